The molecule has 2 nitrogen and oxygen atoms in total. The van der Waals surface area contributed by atoms with Crippen molar-refractivity contribution in [2.45, 2.75) is 40.5 Å². The molecule has 0 N–H and O–H groups in total. The van der Waals surface area contributed by atoms with Crippen LogP contribution < -0.4 is 0 Å². The Morgan fingerprint density at radius 1 is 0.293 bits per heavy atom. The molecule has 0 radical (unpaired) electrons. The molecule has 8 aromatic carbocycles. The lowest BCUT2D eigenvalue weighted by molar-refractivity contribution is 1.15. The zero-order valence-corrected chi connectivity index (χ0v) is 35.1. The molecule has 0 unspecified atom stereocenters. The molecule has 0 spiro atoms. The third-order valence-electron chi connectivity index (χ3n) is 10.6. The van der Waals surface area contributed by atoms with Gasteiger partial charge in [0.2, 0.25) is 0 Å². The molecule has 0 atom stereocenters. The zero-order chi connectivity index (χ0) is 40.4. The number of aromatic nitrogens is 2. The number of hydrogen-bond acceptors (Lipinski definition) is 1. The van der Waals surface area contributed by atoms with E-state index in [2.05, 4.69) is 216 Å². The molecule has 3 heteroatoms. The Balaban J connectivity index is 0.000000818. The molecule has 0 fully saturated rings. The van der Waals surface area contributed by atoms with E-state index < -0.39 is 0 Å². The first-order valence-corrected chi connectivity index (χ1v) is 21.4. The average molecular weight is 773 g/mol. The first-order chi connectivity index (χ1) is 28.8. The van der Waals surface area contributed by atoms with E-state index in [1.54, 1.807) is 6.26 Å². The van der Waals surface area contributed by atoms with Crippen LogP contribution in [0.3, 0.4) is 0 Å². The van der Waals surface area contributed by atoms with Gasteiger partial charge in [0.15, 0.2) is 0 Å². The quantitative estimate of drug-likeness (QED) is 0.155. The molecule has 0 aliphatic rings. The maximum atomic E-state index is 3.53. The first-order valence-electron chi connectivity index (χ1n) is 20.5. The van der Waals surface area contributed by atoms with E-state index in [1.807, 2.05) is 27.7 Å². The van der Waals surface area contributed by atoms with E-state index >= 15 is 0 Å². The summed E-state index contributed by atoms with van der Waals surface area (Å²) < 4.78 is 4.75. The molecule has 2 heterocycles. The standard InChI is InChI=1S/C50H36N2.2C2H6.CH4S/c1-5-13-47-43(9-1)44-10-2-6-14-48(44)51(47)41-29-21-37(22-30-41)33-35-17-25-39(26-18-35)40-27-19-36(20-28-40)34-38-23-31-42(32-24-38)52-49-15-7-3-11-45(49)46-12-4-8-16-50(46)52;3*1-2/h1-32H,33-34H2;2*1-2H3;2H,1H3. The van der Waals surface area contributed by atoms with Crippen molar-refractivity contribution in [2.24, 2.45) is 0 Å². The number of benzene rings is 8. The van der Waals surface area contributed by atoms with E-state index in [4.69, 9.17) is 0 Å². The second-order valence-electron chi connectivity index (χ2n) is 13.8. The number of para-hydroxylation sites is 4. The van der Waals surface area contributed by atoms with Gasteiger partial charge in [0, 0.05) is 32.9 Å². The van der Waals surface area contributed by atoms with Crippen molar-refractivity contribution in [3.8, 4) is 22.5 Å². The Labute approximate surface area is 349 Å². The van der Waals surface area contributed by atoms with E-state index in [9.17, 15) is 0 Å². The number of fused-ring (bicyclic) bond motifs is 6. The van der Waals surface area contributed by atoms with E-state index in [0.717, 1.165) is 12.8 Å². The fraction of sp³-hybridized carbons (Fsp3) is 0.127. The van der Waals surface area contributed by atoms with Crippen molar-refractivity contribution in [3.05, 3.63) is 216 Å². The highest BCUT2D eigenvalue weighted by molar-refractivity contribution is 7.79. The molecule has 0 saturated heterocycles. The lowest BCUT2D eigenvalue weighted by Crippen LogP contribution is -1.95. The predicted octanol–water partition coefficient (Wildman–Crippen LogP) is 15.3. The summed E-state index contributed by atoms with van der Waals surface area (Å²) in [5.41, 5.74) is 15.1. The van der Waals surface area contributed by atoms with E-state index in [-0.39, 0.29) is 0 Å². The van der Waals surface area contributed by atoms with Gasteiger partial charge in [0.05, 0.1) is 22.1 Å². The van der Waals surface area contributed by atoms with Gasteiger partial charge in [-0.3, -0.25) is 0 Å². The molecule has 0 aliphatic carbocycles. The summed E-state index contributed by atoms with van der Waals surface area (Å²) in [5.74, 6) is 0. The van der Waals surface area contributed by atoms with Gasteiger partial charge in [-0.1, -0.05) is 173 Å². The maximum Gasteiger partial charge on any atom is 0.0541 e. The highest BCUT2D eigenvalue weighted by atomic mass is 32.1. The van der Waals surface area contributed by atoms with Gasteiger partial charge in [0.25, 0.3) is 0 Å². The fourth-order valence-electron chi connectivity index (χ4n) is 8.03. The zero-order valence-electron chi connectivity index (χ0n) is 34.2. The Morgan fingerprint density at radius 3 is 0.776 bits per heavy atom. The Bertz CT molecular complexity index is 2550. The number of thiol groups is 1. The van der Waals surface area contributed by atoms with Crippen LogP contribution in [-0.2, 0) is 12.8 Å². The van der Waals surface area contributed by atoms with Gasteiger partial charge in [0.1, 0.15) is 0 Å². The highest BCUT2D eigenvalue weighted by Crippen LogP contribution is 2.33. The van der Waals surface area contributed by atoms with Crippen molar-refractivity contribution >= 4 is 56.2 Å². The summed E-state index contributed by atoms with van der Waals surface area (Å²) in [7, 11) is 0. The molecule has 10 rings (SSSR count). The summed E-state index contributed by atoms with van der Waals surface area (Å²) in [6, 6.07) is 70.9. The van der Waals surface area contributed by atoms with E-state index in [1.165, 1.54) is 88.4 Å². The summed E-state index contributed by atoms with van der Waals surface area (Å²) in [4.78, 5) is 0. The first kappa shape index (κ1) is 39.9. The highest BCUT2D eigenvalue weighted by Gasteiger charge is 2.13. The van der Waals surface area contributed by atoms with Crippen LogP contribution in [0.1, 0.15) is 49.9 Å². The minimum atomic E-state index is 0.905. The molecule has 0 aliphatic heterocycles. The van der Waals surface area contributed by atoms with Crippen LogP contribution in [-0.4, -0.2) is 15.4 Å². The lowest BCUT2D eigenvalue weighted by atomic mass is 9.98. The van der Waals surface area contributed by atoms with Gasteiger partial charge < -0.3 is 9.13 Å². The minimum Gasteiger partial charge on any atom is -0.309 e. The average Bonchev–Trinajstić information content (AvgIpc) is 3.83. The second-order valence-corrected chi connectivity index (χ2v) is 13.8. The van der Waals surface area contributed by atoms with Crippen molar-refractivity contribution in [1.29, 1.82) is 0 Å². The Kier molecular flexibility index (Phi) is 12.9. The molecular weight excluding hydrogens is 721 g/mol. The predicted molar refractivity (Wildman–Crippen MR) is 257 cm³/mol. The van der Waals surface area contributed by atoms with Crippen LogP contribution in [0.15, 0.2) is 194 Å². The lowest BCUT2D eigenvalue weighted by Gasteiger charge is -2.10. The van der Waals surface area contributed by atoms with Crippen LogP contribution in [0, 0.1) is 0 Å². The van der Waals surface area contributed by atoms with Crippen LogP contribution in [0.2, 0.25) is 0 Å². The summed E-state index contributed by atoms with van der Waals surface area (Å²) >= 11 is 3.53. The Morgan fingerprint density at radius 2 is 0.517 bits per heavy atom. The fourth-order valence-corrected chi connectivity index (χ4v) is 8.03. The van der Waals surface area contributed by atoms with Crippen LogP contribution in [0.4, 0.5) is 0 Å². The van der Waals surface area contributed by atoms with Crippen LogP contribution in [0.25, 0.3) is 66.1 Å². The molecule has 10 aromatic rings. The molecular formula is C55H52N2S. The third kappa shape index (κ3) is 7.96. The monoisotopic (exact) mass is 772 g/mol. The molecule has 0 amide bonds. The third-order valence-corrected chi connectivity index (χ3v) is 10.6. The van der Waals surface area contributed by atoms with Gasteiger partial charge >= 0.3 is 0 Å². The SMILES string of the molecule is CC.CC.CS.c1ccc2c(c1)c1ccccc1n2-c1ccc(Cc2ccc(-c3ccc(Cc4ccc(-n5c6ccccc6c6ccccc65)cc4)cc3)cc2)cc1. The van der Waals surface area contributed by atoms with Crippen molar-refractivity contribution < 1.29 is 0 Å². The van der Waals surface area contributed by atoms with Crippen LogP contribution >= 0.6 is 12.6 Å². The topological polar surface area (TPSA) is 9.86 Å². The van der Waals surface area contributed by atoms with E-state index in [0.29, 0.717) is 0 Å². The molecule has 0 saturated carbocycles. The molecule has 2 aromatic heterocycles. The van der Waals surface area contributed by atoms with Gasteiger partial charge in [-0.15, -0.1) is 0 Å². The van der Waals surface area contributed by atoms with Crippen LogP contribution in [0.5, 0.6) is 0 Å². The number of rotatable bonds is 7. The van der Waals surface area contributed by atoms with Gasteiger partial charge in [-0.2, -0.15) is 12.6 Å². The van der Waals surface area contributed by atoms with Gasteiger partial charge in [-0.05, 0) is 101 Å². The van der Waals surface area contributed by atoms with Gasteiger partial charge in [-0.25, -0.2) is 0 Å². The van der Waals surface area contributed by atoms with Crippen molar-refractivity contribution in [3.63, 3.8) is 0 Å². The maximum absolute atomic E-state index is 3.53. The largest absolute Gasteiger partial charge is 0.309 e. The molecule has 288 valence electrons. The van der Waals surface area contributed by atoms with Crippen molar-refractivity contribution in [2.75, 3.05) is 6.26 Å². The smallest absolute Gasteiger partial charge is 0.0541 e. The summed E-state index contributed by atoms with van der Waals surface area (Å²) in [5, 5.41) is 5.16. The number of nitrogens with zero attached hydrogens (tertiary/aromatic N) is 2. The normalized spacial score (nSPS) is 10.7. The van der Waals surface area contributed by atoms with Crippen molar-refractivity contribution in [1.82, 2.24) is 9.13 Å². The minimum absolute atomic E-state index is 0.905. The second kappa shape index (κ2) is 18.8. The Hall–Kier alpha value is -6.29. The number of hydrogen-bond donors (Lipinski definition) is 1. The summed E-state index contributed by atoms with van der Waals surface area (Å²) in [6.45, 7) is 8.00. The molecule has 58 heavy (non-hydrogen) atoms. The summed E-state index contributed by atoms with van der Waals surface area (Å²) in [6.07, 6.45) is 3.50. The molecule has 0 bridgehead atoms.